The average Bonchev–Trinajstić information content (AvgIpc) is 2.97. The zero-order chi connectivity index (χ0) is 32.8. The van der Waals surface area contributed by atoms with E-state index in [-0.39, 0.29) is 0 Å². The van der Waals surface area contributed by atoms with Crippen molar-refractivity contribution in [3.05, 3.63) is 36.5 Å². The summed E-state index contributed by atoms with van der Waals surface area (Å²) < 4.78 is 30.2. The van der Waals surface area contributed by atoms with Crippen molar-refractivity contribution in [2.45, 2.75) is 63.5 Å². The van der Waals surface area contributed by atoms with Gasteiger partial charge >= 0.3 is 23.9 Å². The fourth-order valence-corrected chi connectivity index (χ4v) is 2.92. The minimum atomic E-state index is -2.04. The van der Waals surface area contributed by atoms with Gasteiger partial charge in [-0.1, -0.05) is 18.2 Å². The number of hydrogen-bond donors (Lipinski definition) is 6. The third-order valence-corrected chi connectivity index (χ3v) is 4.98. The van der Waals surface area contributed by atoms with Gasteiger partial charge in [0.25, 0.3) is 0 Å². The molecule has 0 aliphatic rings. The first-order valence-corrected chi connectivity index (χ1v) is 13.2. The Morgan fingerprint density at radius 1 is 0.581 bits per heavy atom. The van der Waals surface area contributed by atoms with Crippen LogP contribution in [-0.4, -0.2) is 143 Å². The molecule has 0 saturated carbocycles. The van der Waals surface area contributed by atoms with Gasteiger partial charge in [0.15, 0.2) is 6.10 Å². The van der Waals surface area contributed by atoms with Crippen molar-refractivity contribution in [2.24, 2.45) is 0 Å². The Labute approximate surface area is 248 Å². The number of ether oxygens (including phenoxy) is 6. The summed E-state index contributed by atoms with van der Waals surface area (Å²) in [6.07, 6.45) is -4.79. The summed E-state index contributed by atoms with van der Waals surface area (Å²) in [6, 6.07) is 0. The van der Waals surface area contributed by atoms with Crippen molar-refractivity contribution < 1.29 is 78.2 Å². The van der Waals surface area contributed by atoms with Crippen molar-refractivity contribution >= 4 is 23.9 Å². The second-order valence-electron chi connectivity index (χ2n) is 8.77. The summed E-state index contributed by atoms with van der Waals surface area (Å²) in [5.74, 6) is -3.60. The molecule has 0 aliphatic carbocycles. The molecule has 3 unspecified atom stereocenters. The highest BCUT2D eigenvalue weighted by molar-refractivity contribution is 5.82. The van der Waals surface area contributed by atoms with Crippen molar-refractivity contribution in [3.63, 3.8) is 0 Å². The first-order chi connectivity index (χ1) is 20.4. The summed E-state index contributed by atoms with van der Waals surface area (Å²) in [4.78, 5) is 47.4. The predicted octanol–water partition coefficient (Wildman–Crippen LogP) is -2.55. The van der Waals surface area contributed by atoms with Crippen LogP contribution in [0.3, 0.4) is 0 Å². The molecule has 0 fully saturated rings. The van der Waals surface area contributed by atoms with Crippen LogP contribution in [0.25, 0.3) is 0 Å². The molecule has 0 aliphatic heterocycles. The number of aliphatic hydroxyl groups excluding tert-OH is 6. The standard InChI is InChI=1S/C27H42O16/c1-4-7-21(33)38-11-17(29)14-41-25(24(36)20(32)10-28)26(42-15-18(30)12-39-22(34)8-5-2)27(37)43-16-19(31)13-40-23(35)9-6-3/h4-9,17-20,24-26,28-32,36H,10-16H2,1-3H3/t17?,18?,19?,20-,24-,25+,26-/m1/s1. The van der Waals surface area contributed by atoms with E-state index in [1.807, 2.05) is 0 Å². The number of aliphatic hydroxyl groups is 6. The maximum atomic E-state index is 13.0. The SMILES string of the molecule is CC=CC(=O)OCC(O)COC(=O)[C@H](OCC(O)COC(=O)C=CC)[C@@H](OCC(O)COC(=O)C=CC)[C@H](O)[C@H](O)CO. The Morgan fingerprint density at radius 3 is 1.35 bits per heavy atom. The van der Waals surface area contributed by atoms with Gasteiger partial charge in [0.05, 0.1) is 19.8 Å². The van der Waals surface area contributed by atoms with Crippen molar-refractivity contribution in [1.29, 1.82) is 0 Å². The lowest BCUT2D eigenvalue weighted by Crippen LogP contribution is -2.53. The van der Waals surface area contributed by atoms with Gasteiger partial charge in [-0.15, -0.1) is 0 Å². The lowest BCUT2D eigenvalue weighted by molar-refractivity contribution is -0.198. The monoisotopic (exact) mass is 622 g/mol. The number of allylic oxidation sites excluding steroid dienone is 3. The van der Waals surface area contributed by atoms with Crippen LogP contribution in [0.1, 0.15) is 20.8 Å². The van der Waals surface area contributed by atoms with Crippen LogP contribution in [0, 0.1) is 0 Å². The molecule has 0 rings (SSSR count). The van der Waals surface area contributed by atoms with Crippen molar-refractivity contribution in [3.8, 4) is 0 Å². The first-order valence-electron chi connectivity index (χ1n) is 13.2. The molecule has 0 spiro atoms. The van der Waals surface area contributed by atoms with E-state index in [9.17, 15) is 49.8 Å². The zero-order valence-electron chi connectivity index (χ0n) is 24.2. The molecular formula is C27H42O16. The normalized spacial score (nSPS) is 16.8. The van der Waals surface area contributed by atoms with Crippen LogP contribution in [0.15, 0.2) is 36.5 Å². The second-order valence-corrected chi connectivity index (χ2v) is 8.77. The lowest BCUT2D eigenvalue weighted by atomic mass is 10.0. The highest BCUT2D eigenvalue weighted by Crippen LogP contribution is 2.16. The van der Waals surface area contributed by atoms with Gasteiger partial charge < -0.3 is 59.1 Å². The molecule has 16 heteroatoms. The minimum Gasteiger partial charge on any atom is -0.461 e. The highest BCUT2D eigenvalue weighted by atomic mass is 16.6. The summed E-state index contributed by atoms with van der Waals surface area (Å²) >= 11 is 0. The largest absolute Gasteiger partial charge is 0.461 e. The van der Waals surface area contributed by atoms with E-state index < -0.39 is 113 Å². The number of carbonyl (C=O) groups excluding carboxylic acids is 4. The fourth-order valence-electron chi connectivity index (χ4n) is 2.92. The molecule has 0 bridgehead atoms. The molecule has 0 amide bonds. The number of carbonyl (C=O) groups is 4. The maximum absolute atomic E-state index is 13.0. The lowest BCUT2D eigenvalue weighted by Gasteiger charge is -2.32. The van der Waals surface area contributed by atoms with Gasteiger partial charge in [-0.05, 0) is 20.8 Å². The Kier molecular flexibility index (Phi) is 21.5. The third-order valence-electron chi connectivity index (χ3n) is 4.98. The quantitative estimate of drug-likeness (QED) is 0.0413. The molecule has 0 aromatic carbocycles. The van der Waals surface area contributed by atoms with Gasteiger partial charge in [-0.2, -0.15) is 0 Å². The van der Waals surface area contributed by atoms with Crippen LogP contribution in [0.2, 0.25) is 0 Å². The Hall–Kier alpha value is -3.22. The minimum absolute atomic E-state index is 0.553. The van der Waals surface area contributed by atoms with Crippen molar-refractivity contribution in [2.75, 3.05) is 46.2 Å². The van der Waals surface area contributed by atoms with Crippen molar-refractivity contribution in [1.82, 2.24) is 0 Å². The predicted molar refractivity (Wildman–Crippen MR) is 145 cm³/mol. The van der Waals surface area contributed by atoms with Gasteiger partial charge in [-0.3, -0.25) is 0 Å². The molecule has 246 valence electrons. The maximum Gasteiger partial charge on any atom is 0.338 e. The van der Waals surface area contributed by atoms with E-state index in [4.69, 9.17) is 28.4 Å². The molecule has 0 saturated heterocycles. The smallest absolute Gasteiger partial charge is 0.338 e. The van der Waals surface area contributed by atoms with E-state index in [0.717, 1.165) is 18.2 Å². The average molecular weight is 623 g/mol. The van der Waals surface area contributed by atoms with Gasteiger partial charge in [0, 0.05) is 18.2 Å². The van der Waals surface area contributed by atoms with Gasteiger partial charge in [0.2, 0.25) is 0 Å². The zero-order valence-corrected chi connectivity index (χ0v) is 24.2. The summed E-state index contributed by atoms with van der Waals surface area (Å²) in [6.45, 7) is -0.107. The molecule has 7 atom stereocenters. The second kappa shape index (κ2) is 23.3. The topological polar surface area (TPSA) is 245 Å². The van der Waals surface area contributed by atoms with Crippen LogP contribution >= 0.6 is 0 Å². The molecule has 16 nitrogen and oxygen atoms in total. The molecular weight excluding hydrogens is 580 g/mol. The Bertz CT molecular complexity index is 917. The van der Waals surface area contributed by atoms with Crippen LogP contribution in [0.4, 0.5) is 0 Å². The van der Waals surface area contributed by atoms with Crippen LogP contribution in [-0.2, 0) is 47.6 Å². The van der Waals surface area contributed by atoms with E-state index in [2.05, 4.69) is 0 Å². The summed E-state index contributed by atoms with van der Waals surface area (Å²) in [5, 5.41) is 60.4. The van der Waals surface area contributed by atoms with E-state index in [0.29, 0.717) is 0 Å². The molecule has 43 heavy (non-hydrogen) atoms. The molecule has 0 radical (unpaired) electrons. The van der Waals surface area contributed by atoms with Crippen LogP contribution in [0.5, 0.6) is 0 Å². The molecule has 0 aromatic heterocycles. The fraction of sp³-hybridized carbons (Fsp3) is 0.630. The highest BCUT2D eigenvalue weighted by Gasteiger charge is 2.40. The number of rotatable bonds is 22. The Balaban J connectivity index is 5.75. The number of hydrogen-bond acceptors (Lipinski definition) is 16. The van der Waals surface area contributed by atoms with Gasteiger partial charge in [-0.25, -0.2) is 19.2 Å². The van der Waals surface area contributed by atoms with E-state index in [1.165, 1.54) is 18.2 Å². The molecule has 0 aromatic rings. The Morgan fingerprint density at radius 2 is 0.953 bits per heavy atom. The van der Waals surface area contributed by atoms with E-state index in [1.54, 1.807) is 20.8 Å². The van der Waals surface area contributed by atoms with E-state index >= 15 is 0 Å². The van der Waals surface area contributed by atoms with Gasteiger partial charge in [0.1, 0.15) is 63.1 Å². The van der Waals surface area contributed by atoms with Crippen LogP contribution < -0.4 is 0 Å². The summed E-state index contributed by atoms with van der Waals surface area (Å²) in [7, 11) is 0. The third kappa shape index (κ3) is 18.1. The summed E-state index contributed by atoms with van der Waals surface area (Å²) in [5.41, 5.74) is 0. The molecule has 0 heterocycles. The first kappa shape index (κ1) is 39.8. The molecule has 6 N–H and O–H groups in total. The number of esters is 4.